The number of hydroxylamine groups is 2. The summed E-state index contributed by atoms with van der Waals surface area (Å²) in [6.07, 6.45) is -0.117. The molecule has 6 N–H and O–H groups in total. The molecule has 2 bridgehead atoms. The summed E-state index contributed by atoms with van der Waals surface area (Å²) in [5, 5.41) is 60.3. The molecule has 8 rings (SSSR count). The van der Waals surface area contributed by atoms with Crippen molar-refractivity contribution in [1.29, 1.82) is 0 Å². The van der Waals surface area contributed by atoms with Gasteiger partial charge < -0.3 is 68.5 Å². The molecule has 422 valence electrons. The van der Waals surface area contributed by atoms with Gasteiger partial charge in [-0.15, -0.1) is 0 Å². The van der Waals surface area contributed by atoms with Crippen molar-refractivity contribution >= 4 is 30.1 Å². The summed E-state index contributed by atoms with van der Waals surface area (Å²) >= 11 is 0. The highest BCUT2D eigenvalue weighted by molar-refractivity contribution is 6.26. The number of aliphatic hydroxyl groups is 3. The summed E-state index contributed by atoms with van der Waals surface area (Å²) in [5.41, 5.74) is -4.51. The van der Waals surface area contributed by atoms with Gasteiger partial charge in [0.15, 0.2) is 36.1 Å². The maximum absolute atomic E-state index is 15.4. The zero-order valence-electron chi connectivity index (χ0n) is 45.3. The number of hydrogen-bond donors (Lipinski definition) is 6. The topological polar surface area (TPSA) is 289 Å². The minimum absolute atomic E-state index is 0.0179. The van der Waals surface area contributed by atoms with E-state index in [9.17, 15) is 44.9 Å². The Bertz CT molecular complexity index is 2400. The van der Waals surface area contributed by atoms with Crippen LogP contribution in [0.15, 0.2) is 58.4 Å². The summed E-state index contributed by atoms with van der Waals surface area (Å²) in [7, 11) is 1.17. The Balaban J connectivity index is 1.19. The number of allylic oxidation sites excluding steroid dienone is 3. The second-order valence-electron chi connectivity index (χ2n) is 23.1. The third-order valence-corrected chi connectivity index (χ3v) is 18.0. The van der Waals surface area contributed by atoms with E-state index in [1.807, 2.05) is 26.0 Å². The van der Waals surface area contributed by atoms with E-state index in [0.29, 0.717) is 31.1 Å². The molecule has 21 heteroatoms. The van der Waals surface area contributed by atoms with Crippen LogP contribution in [-0.2, 0) is 61.8 Å². The lowest BCUT2D eigenvalue weighted by Crippen LogP contribution is -3.17. The van der Waals surface area contributed by atoms with Crippen molar-refractivity contribution < 1.29 is 92.4 Å². The van der Waals surface area contributed by atoms with E-state index in [4.69, 9.17) is 42.6 Å². The first kappa shape index (κ1) is 57.8. The van der Waals surface area contributed by atoms with Gasteiger partial charge in [-0.2, -0.15) is 0 Å². The molecular weight excluding hydrogens is 993 g/mol. The summed E-state index contributed by atoms with van der Waals surface area (Å²) in [6, 6.07) is -1.01. The van der Waals surface area contributed by atoms with E-state index in [0.717, 1.165) is 5.57 Å². The van der Waals surface area contributed by atoms with Crippen LogP contribution in [0.5, 0.6) is 0 Å². The molecule has 1 unspecified atom stereocenters. The van der Waals surface area contributed by atoms with Crippen LogP contribution < -0.4 is 10.5 Å². The molecule has 5 fully saturated rings. The van der Waals surface area contributed by atoms with Crippen LogP contribution in [0.1, 0.15) is 114 Å². The van der Waals surface area contributed by atoms with Gasteiger partial charge in [0.25, 0.3) is 0 Å². The molecule has 76 heavy (non-hydrogen) atoms. The van der Waals surface area contributed by atoms with Crippen LogP contribution in [0.4, 0.5) is 4.79 Å². The van der Waals surface area contributed by atoms with Gasteiger partial charge in [-0.05, 0) is 95.8 Å². The van der Waals surface area contributed by atoms with Gasteiger partial charge in [0.05, 0.1) is 62.2 Å². The number of Topliss-reactive ketones (excluding diaryl/α,β-unsaturated/α-hetero) is 1. The van der Waals surface area contributed by atoms with Crippen LogP contribution >= 0.6 is 0 Å². The number of ether oxygens (including phenoxy) is 9. The number of hydrogen-bond acceptors (Lipinski definition) is 19. The van der Waals surface area contributed by atoms with Crippen molar-refractivity contribution in [3.8, 4) is 0 Å². The van der Waals surface area contributed by atoms with Crippen LogP contribution in [0.25, 0.3) is 0 Å². The van der Waals surface area contributed by atoms with Crippen LogP contribution in [-0.4, -0.2) is 149 Å². The molecule has 21 nitrogen and oxygen atoms in total. The number of aldehydes is 1. The average molecular weight is 1070 g/mol. The fourth-order valence-corrected chi connectivity index (χ4v) is 14.1. The summed E-state index contributed by atoms with van der Waals surface area (Å²) in [6.45, 7) is 17.6. The molecule has 4 heterocycles. The van der Waals surface area contributed by atoms with E-state index >= 15 is 4.79 Å². The van der Waals surface area contributed by atoms with Crippen LogP contribution in [0.3, 0.4) is 0 Å². The summed E-state index contributed by atoms with van der Waals surface area (Å²) < 4.78 is 55.7. The average Bonchev–Trinajstić information content (AvgIpc) is 3.75. The maximum Gasteiger partial charge on any atom is 0.407 e. The fourth-order valence-electron chi connectivity index (χ4n) is 14.1. The lowest BCUT2D eigenvalue weighted by Gasteiger charge is -2.56. The van der Waals surface area contributed by atoms with Gasteiger partial charge >= 0.3 is 18.0 Å². The predicted molar refractivity (Wildman–Crippen MR) is 266 cm³/mol. The van der Waals surface area contributed by atoms with Gasteiger partial charge in [0.2, 0.25) is 5.78 Å². The second-order valence-corrected chi connectivity index (χ2v) is 23.1. The first-order chi connectivity index (χ1) is 35.8. The number of carbonyl (C=O) groups excluding carboxylic acids is 5. The van der Waals surface area contributed by atoms with Crippen molar-refractivity contribution in [1.82, 2.24) is 5.32 Å². The SMILES string of the molecule is COC(=O)N[C@@H]1[C@@H](C)O[C@@H](O[C@@H]2C/C=C(/C)[C@@H]3C=C[C@@H]4[C@@H](O[C@H]5C[C@H](O[C@@H]6CC[C@H](O)[C@@H](C)O6)[C@H](OC(C)=O)[C@@H](C)O5)[C@H](C)C[C@H](C)[C@@H]4[C@@]3(C)C(O)=C3C(=O)O[C@]4(CC(C=O)=C[C@H](O)[C@@H]4/C=C/2C)C3=O)C[C@]1(C)[NH+]([O-])O. The molecular formula is C55H78N2O19. The maximum atomic E-state index is 15.4. The Labute approximate surface area is 443 Å². The van der Waals surface area contributed by atoms with Crippen molar-refractivity contribution in [2.75, 3.05) is 7.11 Å². The zero-order chi connectivity index (χ0) is 55.5. The molecule has 1 spiro atoms. The Morgan fingerprint density at radius 2 is 1.58 bits per heavy atom. The van der Waals surface area contributed by atoms with Crippen molar-refractivity contribution in [2.45, 2.75) is 205 Å². The molecule has 23 atom stereocenters. The van der Waals surface area contributed by atoms with Crippen LogP contribution in [0, 0.1) is 46.1 Å². The Morgan fingerprint density at radius 3 is 2.24 bits per heavy atom. The molecule has 4 aliphatic carbocycles. The van der Waals surface area contributed by atoms with Gasteiger partial charge in [-0.3, -0.25) is 14.4 Å². The normalized spacial score (nSPS) is 46.5. The Morgan fingerprint density at radius 1 is 0.882 bits per heavy atom. The second kappa shape index (κ2) is 22.4. The number of aliphatic hydroxyl groups excluding tert-OH is 3. The number of carbonyl (C=O) groups is 5. The summed E-state index contributed by atoms with van der Waals surface area (Å²) in [4.78, 5) is 67.2. The molecule has 1 amide bonds. The summed E-state index contributed by atoms with van der Waals surface area (Å²) in [5.74, 6) is -6.11. The third-order valence-electron chi connectivity index (χ3n) is 18.0. The molecule has 0 aromatic carbocycles. The smallest absolute Gasteiger partial charge is 0.407 e. The van der Waals surface area contributed by atoms with Crippen molar-refractivity contribution in [3.05, 3.63) is 63.6 Å². The highest BCUT2D eigenvalue weighted by Gasteiger charge is 2.65. The number of esters is 2. The minimum Gasteiger partial charge on any atom is -0.600 e. The van der Waals surface area contributed by atoms with Gasteiger partial charge in [-0.1, -0.05) is 50.6 Å². The quantitative estimate of drug-likeness (QED) is 0.0449. The number of amides is 1. The number of methoxy groups -OCH3 is 1. The predicted octanol–water partition coefficient (Wildman–Crippen LogP) is 4.06. The molecule has 0 aromatic heterocycles. The molecule has 4 aliphatic heterocycles. The standard InChI is InChI=1S/C55H78N2O19/c1-25-12-16-39(73-43-23-53(9,57(66)67)48(31(7)71-43)56-52(65)68-11)26(2)19-36-38(61)20-33(24-58)22-55(36)50(63)44(51(64)76-55)49(62)54(10)35(25)14-13-34-45(54)27(3)18-28(4)46(34)75-42-21-40(47(30(6)70-42)72-32(8)59)74-41-17-15-37(60)29(5)69-41/h12-14,19-20,24,27-31,34-43,45-48,57,60-62,66H,15-18,21-23H2,1-11H3,(H,56,65)/b25-12-,26-19+,49-44?/t27-,28+,29+,30+,31+,34-,35-,36-,37-,38-,39+,40-,41+,42-,43-,45-,46-,47+,48+,53-,54-,55-/m0/s1. The lowest BCUT2D eigenvalue weighted by molar-refractivity contribution is -1.09. The van der Waals surface area contributed by atoms with E-state index in [2.05, 4.69) is 25.2 Å². The van der Waals surface area contributed by atoms with Crippen molar-refractivity contribution in [2.24, 2.45) is 40.9 Å². The number of fused-ring (bicyclic) bond motifs is 4. The fraction of sp³-hybridized carbons (Fsp3) is 0.727. The first-order valence-corrected chi connectivity index (χ1v) is 26.7. The molecule has 8 aliphatic rings. The third kappa shape index (κ3) is 10.6. The van der Waals surface area contributed by atoms with Gasteiger partial charge in [0, 0.05) is 43.4 Å². The minimum atomic E-state index is -2.16. The highest BCUT2D eigenvalue weighted by atomic mass is 16.8. The monoisotopic (exact) mass is 1070 g/mol. The molecule has 0 radical (unpaired) electrons. The number of alkyl carbamates (subject to hydrolysis) is 1. The lowest BCUT2D eigenvalue weighted by atomic mass is 9.49. The number of ketones is 1. The number of quaternary nitrogens is 1. The first-order valence-electron chi connectivity index (χ1n) is 26.7. The van der Waals surface area contributed by atoms with Crippen molar-refractivity contribution in [3.63, 3.8) is 0 Å². The molecule has 1 saturated carbocycles. The zero-order valence-corrected chi connectivity index (χ0v) is 45.3. The van der Waals surface area contributed by atoms with Gasteiger partial charge in [0.1, 0.15) is 29.8 Å². The van der Waals surface area contributed by atoms with Crippen LogP contribution in [0.2, 0.25) is 0 Å². The molecule has 4 saturated heterocycles. The largest absolute Gasteiger partial charge is 0.600 e. The van der Waals surface area contributed by atoms with E-state index in [1.54, 1.807) is 33.8 Å². The van der Waals surface area contributed by atoms with Gasteiger partial charge in [-0.25, -0.2) is 20.0 Å². The van der Waals surface area contributed by atoms with E-state index in [-0.39, 0.29) is 36.7 Å². The van der Waals surface area contributed by atoms with E-state index in [1.165, 1.54) is 27.0 Å². The van der Waals surface area contributed by atoms with E-state index < -0.39 is 167 Å². The number of rotatable bonds is 10. The Kier molecular flexibility index (Phi) is 17.0. The molecule has 0 aromatic rings. The highest BCUT2D eigenvalue weighted by Crippen LogP contribution is 2.61. The Hall–Kier alpha value is -4.39. The number of nitrogens with one attached hydrogen (secondary N) is 2.